The zero-order valence-corrected chi connectivity index (χ0v) is 9.88. The highest BCUT2D eigenvalue weighted by Gasteiger charge is 2.35. The largest absolute Gasteiger partial charge is 0.364 e. The minimum atomic E-state index is 0.187. The first-order valence-electron chi connectivity index (χ1n) is 5.85. The van der Waals surface area contributed by atoms with Crippen LogP contribution in [0.15, 0.2) is 12.3 Å². The third kappa shape index (κ3) is 1.76. The lowest BCUT2D eigenvalue weighted by molar-refractivity contribution is 0.268. The number of pyridine rings is 1. The molecule has 1 heterocycles. The number of hydrogen-bond acceptors (Lipinski definition) is 3. The molecule has 1 aromatic rings. The van der Waals surface area contributed by atoms with Gasteiger partial charge in [-0.3, -0.25) is 0 Å². The average molecular weight is 215 g/mol. The molecule has 0 bridgehead atoms. The van der Waals surface area contributed by atoms with Gasteiger partial charge in [-0.2, -0.15) is 5.26 Å². The summed E-state index contributed by atoms with van der Waals surface area (Å²) in [6, 6.07) is 4.11. The van der Waals surface area contributed by atoms with Crippen molar-refractivity contribution < 1.29 is 0 Å². The zero-order chi connectivity index (χ0) is 11.6. The fourth-order valence-corrected chi connectivity index (χ4v) is 2.22. The van der Waals surface area contributed by atoms with Crippen molar-refractivity contribution in [2.24, 2.45) is 0 Å². The Kier molecular flexibility index (Phi) is 2.82. The topological polar surface area (TPSA) is 48.7 Å². The van der Waals surface area contributed by atoms with Crippen LogP contribution in [0.5, 0.6) is 0 Å². The Morgan fingerprint density at radius 1 is 1.56 bits per heavy atom. The Balaban J connectivity index is 2.28. The lowest BCUT2D eigenvalue weighted by Gasteiger charge is -2.42. The van der Waals surface area contributed by atoms with Gasteiger partial charge in [0.1, 0.15) is 11.9 Å². The zero-order valence-electron chi connectivity index (χ0n) is 9.88. The van der Waals surface area contributed by atoms with E-state index in [1.165, 1.54) is 19.3 Å². The first-order valence-corrected chi connectivity index (χ1v) is 5.85. The van der Waals surface area contributed by atoms with Gasteiger partial charge in [0.05, 0.1) is 5.56 Å². The van der Waals surface area contributed by atoms with Gasteiger partial charge in [-0.25, -0.2) is 4.98 Å². The molecule has 0 amide bonds. The number of nitrogens with one attached hydrogen (secondary N) is 1. The summed E-state index contributed by atoms with van der Waals surface area (Å²) in [7, 11) is 0. The van der Waals surface area contributed by atoms with E-state index in [1.54, 1.807) is 6.20 Å². The third-order valence-corrected chi connectivity index (χ3v) is 3.64. The van der Waals surface area contributed by atoms with Crippen molar-refractivity contribution >= 4 is 5.82 Å². The van der Waals surface area contributed by atoms with E-state index in [0.29, 0.717) is 5.56 Å². The molecule has 0 aliphatic heterocycles. The van der Waals surface area contributed by atoms with Gasteiger partial charge >= 0.3 is 0 Å². The maximum absolute atomic E-state index is 9.13. The van der Waals surface area contributed by atoms with Gasteiger partial charge in [-0.1, -0.05) is 6.92 Å². The van der Waals surface area contributed by atoms with Crippen LogP contribution in [-0.4, -0.2) is 10.5 Å². The predicted molar refractivity (Wildman–Crippen MR) is 64.2 cm³/mol. The smallest absolute Gasteiger partial charge is 0.144 e. The highest BCUT2D eigenvalue weighted by Crippen LogP contribution is 2.38. The van der Waals surface area contributed by atoms with Crippen LogP contribution in [0.4, 0.5) is 5.82 Å². The minimum Gasteiger partial charge on any atom is -0.364 e. The molecule has 1 aromatic heterocycles. The van der Waals surface area contributed by atoms with E-state index in [2.05, 4.69) is 23.3 Å². The highest BCUT2D eigenvalue weighted by molar-refractivity contribution is 5.56. The fourth-order valence-electron chi connectivity index (χ4n) is 2.22. The van der Waals surface area contributed by atoms with E-state index in [4.69, 9.17) is 5.26 Å². The molecule has 1 aliphatic rings. The maximum atomic E-state index is 9.13. The number of nitrogens with zero attached hydrogens (tertiary/aromatic N) is 2. The standard InChI is InChI=1S/C13H17N3/c1-3-13(6-4-7-13)16-12-11(9-14)10(2)5-8-15-12/h5,8H,3-4,6-7H2,1-2H3,(H,15,16). The third-order valence-electron chi connectivity index (χ3n) is 3.64. The number of aromatic nitrogens is 1. The lowest BCUT2D eigenvalue weighted by Crippen LogP contribution is -2.44. The second-order valence-electron chi connectivity index (χ2n) is 4.58. The summed E-state index contributed by atoms with van der Waals surface area (Å²) in [5, 5.41) is 12.6. The molecule has 1 saturated carbocycles. The predicted octanol–water partition coefficient (Wildman–Crippen LogP) is 3.01. The van der Waals surface area contributed by atoms with Crippen molar-refractivity contribution in [2.45, 2.75) is 45.1 Å². The molecule has 1 N–H and O–H groups in total. The highest BCUT2D eigenvalue weighted by atomic mass is 15.1. The fraction of sp³-hybridized carbons (Fsp3) is 0.538. The summed E-state index contributed by atoms with van der Waals surface area (Å²) >= 11 is 0. The summed E-state index contributed by atoms with van der Waals surface area (Å²) in [6.07, 6.45) is 6.50. The Bertz CT molecular complexity index is 422. The van der Waals surface area contributed by atoms with E-state index < -0.39 is 0 Å². The van der Waals surface area contributed by atoms with E-state index in [9.17, 15) is 0 Å². The van der Waals surface area contributed by atoms with E-state index >= 15 is 0 Å². The van der Waals surface area contributed by atoms with E-state index in [1.807, 2.05) is 13.0 Å². The van der Waals surface area contributed by atoms with Gasteiger partial charge in [-0.15, -0.1) is 0 Å². The molecule has 2 rings (SSSR count). The van der Waals surface area contributed by atoms with Crippen LogP contribution >= 0.6 is 0 Å². The molecule has 84 valence electrons. The van der Waals surface area contributed by atoms with Crippen molar-refractivity contribution in [3.05, 3.63) is 23.4 Å². The van der Waals surface area contributed by atoms with Crippen LogP contribution in [0.3, 0.4) is 0 Å². The monoisotopic (exact) mass is 215 g/mol. The van der Waals surface area contributed by atoms with Crippen LogP contribution in [-0.2, 0) is 0 Å². The second kappa shape index (κ2) is 4.13. The Hall–Kier alpha value is -1.56. The summed E-state index contributed by atoms with van der Waals surface area (Å²) in [5.74, 6) is 0.754. The molecule has 1 aliphatic carbocycles. The van der Waals surface area contributed by atoms with E-state index in [0.717, 1.165) is 17.8 Å². The van der Waals surface area contributed by atoms with Crippen LogP contribution in [0.25, 0.3) is 0 Å². The van der Waals surface area contributed by atoms with Gasteiger partial charge in [0.25, 0.3) is 0 Å². The van der Waals surface area contributed by atoms with Gasteiger partial charge in [0, 0.05) is 11.7 Å². The van der Waals surface area contributed by atoms with Crippen molar-refractivity contribution in [3.8, 4) is 6.07 Å². The summed E-state index contributed by atoms with van der Waals surface area (Å²) in [6.45, 7) is 4.14. The number of anilines is 1. The van der Waals surface area contributed by atoms with Crippen LogP contribution < -0.4 is 5.32 Å². The Morgan fingerprint density at radius 2 is 2.31 bits per heavy atom. The Morgan fingerprint density at radius 3 is 2.81 bits per heavy atom. The molecule has 3 heteroatoms. The minimum absolute atomic E-state index is 0.187. The molecular weight excluding hydrogens is 198 g/mol. The average Bonchev–Trinajstić information content (AvgIpc) is 2.23. The molecule has 0 spiro atoms. The van der Waals surface area contributed by atoms with Crippen LogP contribution in [0, 0.1) is 18.3 Å². The van der Waals surface area contributed by atoms with Gasteiger partial charge < -0.3 is 5.32 Å². The Labute approximate surface area is 96.5 Å². The van der Waals surface area contributed by atoms with Crippen molar-refractivity contribution in [1.82, 2.24) is 4.98 Å². The van der Waals surface area contributed by atoms with Crippen molar-refractivity contribution in [2.75, 3.05) is 5.32 Å². The molecule has 0 unspecified atom stereocenters. The molecule has 0 aromatic carbocycles. The molecular formula is C13H17N3. The molecule has 3 nitrogen and oxygen atoms in total. The molecule has 0 radical (unpaired) electrons. The lowest BCUT2D eigenvalue weighted by atomic mass is 9.75. The van der Waals surface area contributed by atoms with Crippen LogP contribution in [0.2, 0.25) is 0 Å². The summed E-state index contributed by atoms with van der Waals surface area (Å²) in [4.78, 5) is 4.29. The number of aryl methyl sites for hydroxylation is 1. The first kappa shape index (κ1) is 10.9. The second-order valence-corrected chi connectivity index (χ2v) is 4.58. The number of hydrogen-bond donors (Lipinski definition) is 1. The number of nitriles is 1. The van der Waals surface area contributed by atoms with Crippen molar-refractivity contribution in [1.29, 1.82) is 5.26 Å². The quantitative estimate of drug-likeness (QED) is 0.843. The molecule has 0 atom stereocenters. The van der Waals surface area contributed by atoms with Crippen molar-refractivity contribution in [3.63, 3.8) is 0 Å². The molecule has 0 saturated heterocycles. The number of rotatable bonds is 3. The molecule has 1 fully saturated rings. The first-order chi connectivity index (χ1) is 7.71. The maximum Gasteiger partial charge on any atom is 0.144 e. The normalized spacial score (nSPS) is 17.3. The molecule has 16 heavy (non-hydrogen) atoms. The SMILES string of the molecule is CCC1(Nc2nccc(C)c2C#N)CCC1. The van der Waals surface area contributed by atoms with Crippen LogP contribution in [0.1, 0.15) is 43.7 Å². The van der Waals surface area contributed by atoms with Gasteiger partial charge in [0.15, 0.2) is 0 Å². The summed E-state index contributed by atoms with van der Waals surface area (Å²) in [5.41, 5.74) is 1.86. The van der Waals surface area contributed by atoms with Gasteiger partial charge in [-0.05, 0) is 44.2 Å². The summed E-state index contributed by atoms with van der Waals surface area (Å²) < 4.78 is 0. The van der Waals surface area contributed by atoms with E-state index in [-0.39, 0.29) is 5.54 Å². The van der Waals surface area contributed by atoms with Gasteiger partial charge in [0.2, 0.25) is 0 Å².